The van der Waals surface area contributed by atoms with E-state index < -0.39 is 11.9 Å². The van der Waals surface area contributed by atoms with Gasteiger partial charge in [0.15, 0.2) is 6.61 Å². The van der Waals surface area contributed by atoms with E-state index in [2.05, 4.69) is 0 Å². The Morgan fingerprint density at radius 1 is 0.792 bits per heavy atom. The van der Waals surface area contributed by atoms with E-state index >= 15 is 0 Å². The first-order chi connectivity index (χ1) is 11.5. The third-order valence-electron chi connectivity index (χ3n) is 2.96. The third kappa shape index (κ3) is 5.53. The number of nitrogens with two attached hydrogens (primary N) is 2. The number of esters is 2. The van der Waals surface area contributed by atoms with Crippen LogP contribution >= 0.6 is 0 Å². The van der Waals surface area contributed by atoms with Crippen LogP contribution in [0.25, 0.3) is 0 Å². The van der Waals surface area contributed by atoms with Crippen molar-refractivity contribution in [3.05, 3.63) is 54.1 Å². The number of carbonyl (C=O) groups excluding carboxylic acids is 2. The van der Waals surface area contributed by atoms with Gasteiger partial charge in [-0.1, -0.05) is 0 Å². The van der Waals surface area contributed by atoms with E-state index in [1.165, 1.54) is 0 Å². The van der Waals surface area contributed by atoms with E-state index in [4.69, 9.17) is 25.7 Å². The second-order valence-corrected chi connectivity index (χ2v) is 4.84. The molecule has 2 aromatic carbocycles. The molecular formula is C17H18N2O5. The smallest absolute Gasteiger partial charge is 0.344 e. The van der Waals surface area contributed by atoms with Crippen LogP contribution in [0.4, 0.5) is 11.4 Å². The van der Waals surface area contributed by atoms with Crippen LogP contribution in [0.5, 0.6) is 5.75 Å². The third-order valence-corrected chi connectivity index (χ3v) is 2.96. The number of anilines is 2. The molecule has 0 bridgehead atoms. The average Bonchev–Trinajstić information content (AvgIpc) is 2.58. The van der Waals surface area contributed by atoms with Crippen molar-refractivity contribution < 1.29 is 23.8 Å². The topological polar surface area (TPSA) is 114 Å². The first-order valence-corrected chi connectivity index (χ1v) is 7.21. The lowest BCUT2D eigenvalue weighted by atomic mass is 10.2. The fourth-order valence-corrected chi connectivity index (χ4v) is 1.74. The standard InChI is InChI=1S/C17H18N2O5/c18-13-3-1-12(2-4-13)17(21)23-10-9-22-16(20)11-24-15-7-5-14(19)6-8-15/h1-8H,9-11,18-19H2. The molecule has 4 N–H and O–H groups in total. The fourth-order valence-electron chi connectivity index (χ4n) is 1.74. The highest BCUT2D eigenvalue weighted by Crippen LogP contribution is 2.12. The Hall–Kier alpha value is -3.22. The Labute approximate surface area is 139 Å². The number of ether oxygens (including phenoxy) is 3. The molecule has 0 unspecified atom stereocenters. The summed E-state index contributed by atoms with van der Waals surface area (Å²) < 4.78 is 15.1. The van der Waals surface area contributed by atoms with Crippen molar-refractivity contribution in [2.24, 2.45) is 0 Å². The molecule has 0 radical (unpaired) electrons. The molecule has 0 saturated heterocycles. The first-order valence-electron chi connectivity index (χ1n) is 7.21. The van der Waals surface area contributed by atoms with Crippen LogP contribution in [0.1, 0.15) is 10.4 Å². The molecule has 126 valence electrons. The molecule has 7 nitrogen and oxygen atoms in total. The highest BCUT2D eigenvalue weighted by atomic mass is 16.6. The van der Waals surface area contributed by atoms with E-state index in [0.29, 0.717) is 22.7 Å². The zero-order valence-electron chi connectivity index (χ0n) is 12.9. The molecule has 0 heterocycles. The van der Waals surface area contributed by atoms with Crippen molar-refractivity contribution in [3.63, 3.8) is 0 Å². The molecule has 7 heteroatoms. The van der Waals surface area contributed by atoms with Gasteiger partial charge in [-0.15, -0.1) is 0 Å². The summed E-state index contributed by atoms with van der Waals surface area (Å²) in [7, 11) is 0. The molecule has 0 aromatic heterocycles. The Morgan fingerprint density at radius 2 is 1.33 bits per heavy atom. The maximum atomic E-state index is 11.7. The number of hydrogen-bond acceptors (Lipinski definition) is 7. The maximum Gasteiger partial charge on any atom is 0.344 e. The molecular weight excluding hydrogens is 312 g/mol. The molecule has 0 aliphatic carbocycles. The molecule has 0 atom stereocenters. The monoisotopic (exact) mass is 330 g/mol. The highest BCUT2D eigenvalue weighted by Gasteiger charge is 2.08. The molecule has 24 heavy (non-hydrogen) atoms. The average molecular weight is 330 g/mol. The molecule has 2 rings (SSSR count). The largest absolute Gasteiger partial charge is 0.482 e. The normalized spacial score (nSPS) is 10.0. The van der Waals surface area contributed by atoms with Gasteiger partial charge in [-0.3, -0.25) is 0 Å². The lowest BCUT2D eigenvalue weighted by Gasteiger charge is -2.08. The zero-order valence-corrected chi connectivity index (χ0v) is 12.9. The summed E-state index contributed by atoms with van der Waals surface area (Å²) >= 11 is 0. The molecule has 0 aliphatic heterocycles. The van der Waals surface area contributed by atoms with Crippen molar-refractivity contribution in [1.29, 1.82) is 0 Å². The number of nitrogen functional groups attached to an aromatic ring is 2. The van der Waals surface area contributed by atoms with Crippen molar-refractivity contribution >= 4 is 23.3 Å². The molecule has 0 amide bonds. The van der Waals surface area contributed by atoms with E-state index in [1.807, 2.05) is 0 Å². The zero-order chi connectivity index (χ0) is 17.4. The minimum Gasteiger partial charge on any atom is -0.482 e. The number of carbonyl (C=O) groups is 2. The van der Waals surface area contributed by atoms with Crippen LogP contribution in [0.2, 0.25) is 0 Å². The van der Waals surface area contributed by atoms with E-state index in [9.17, 15) is 9.59 Å². The van der Waals surface area contributed by atoms with Gasteiger partial charge in [0.25, 0.3) is 0 Å². The van der Waals surface area contributed by atoms with Crippen LogP contribution in [0, 0.1) is 0 Å². The van der Waals surface area contributed by atoms with Gasteiger partial charge in [-0.25, -0.2) is 9.59 Å². The Bertz CT molecular complexity index is 683. The summed E-state index contributed by atoms with van der Waals surface area (Å²) in [5.41, 5.74) is 12.6. The quantitative estimate of drug-likeness (QED) is 0.450. The Kier molecular flexibility index (Phi) is 6.01. The Morgan fingerprint density at radius 3 is 1.96 bits per heavy atom. The maximum absolute atomic E-state index is 11.7. The van der Waals surface area contributed by atoms with Gasteiger partial charge in [0.1, 0.15) is 19.0 Å². The van der Waals surface area contributed by atoms with Gasteiger partial charge in [-0.05, 0) is 48.5 Å². The summed E-state index contributed by atoms with van der Waals surface area (Å²) in [5, 5.41) is 0. The first kappa shape index (κ1) is 17.1. The molecule has 0 fully saturated rings. The van der Waals surface area contributed by atoms with Gasteiger partial charge in [-0.2, -0.15) is 0 Å². The van der Waals surface area contributed by atoms with E-state index in [-0.39, 0.29) is 19.8 Å². The van der Waals surface area contributed by atoms with Gasteiger partial charge < -0.3 is 25.7 Å². The highest BCUT2D eigenvalue weighted by molar-refractivity contribution is 5.89. The van der Waals surface area contributed by atoms with E-state index in [1.54, 1.807) is 48.5 Å². The minimum atomic E-state index is -0.560. The summed E-state index contributed by atoms with van der Waals surface area (Å²) in [4.78, 5) is 23.2. The van der Waals surface area contributed by atoms with Crippen LogP contribution < -0.4 is 16.2 Å². The lowest BCUT2D eigenvalue weighted by Crippen LogP contribution is -2.18. The van der Waals surface area contributed by atoms with Crippen LogP contribution in [-0.2, 0) is 14.3 Å². The molecule has 0 aliphatic rings. The molecule has 0 spiro atoms. The van der Waals surface area contributed by atoms with Crippen molar-refractivity contribution in [2.45, 2.75) is 0 Å². The van der Waals surface area contributed by atoms with Gasteiger partial charge in [0.2, 0.25) is 0 Å². The van der Waals surface area contributed by atoms with Gasteiger partial charge in [0.05, 0.1) is 5.56 Å². The minimum absolute atomic E-state index is 0.0448. The van der Waals surface area contributed by atoms with Crippen molar-refractivity contribution in [2.75, 3.05) is 31.3 Å². The second-order valence-electron chi connectivity index (χ2n) is 4.84. The molecule has 0 saturated carbocycles. The molecule has 2 aromatic rings. The second kappa shape index (κ2) is 8.42. The SMILES string of the molecule is Nc1ccc(OCC(=O)OCCOC(=O)c2ccc(N)cc2)cc1. The predicted octanol–water partition coefficient (Wildman–Crippen LogP) is 1.63. The van der Waals surface area contributed by atoms with Crippen LogP contribution in [0.15, 0.2) is 48.5 Å². The lowest BCUT2D eigenvalue weighted by molar-refractivity contribution is -0.147. The predicted molar refractivity (Wildman–Crippen MR) is 88.4 cm³/mol. The summed E-state index contributed by atoms with van der Waals surface area (Å²) in [6.07, 6.45) is 0. The van der Waals surface area contributed by atoms with Gasteiger partial charge in [0, 0.05) is 11.4 Å². The van der Waals surface area contributed by atoms with Crippen molar-refractivity contribution in [1.82, 2.24) is 0 Å². The van der Waals surface area contributed by atoms with E-state index in [0.717, 1.165) is 0 Å². The summed E-state index contributed by atoms with van der Waals surface area (Å²) in [6, 6.07) is 13.0. The summed E-state index contributed by atoms with van der Waals surface area (Å²) in [6.45, 7) is -0.336. The Balaban J connectivity index is 1.63. The van der Waals surface area contributed by atoms with Crippen LogP contribution in [-0.4, -0.2) is 31.8 Å². The fraction of sp³-hybridized carbons (Fsp3) is 0.176. The van der Waals surface area contributed by atoms with Crippen LogP contribution in [0.3, 0.4) is 0 Å². The number of rotatable bonds is 7. The summed E-state index contributed by atoms with van der Waals surface area (Å²) in [5.74, 6) is -0.560. The number of benzene rings is 2. The van der Waals surface area contributed by atoms with Crippen molar-refractivity contribution in [3.8, 4) is 5.75 Å². The van der Waals surface area contributed by atoms with Gasteiger partial charge >= 0.3 is 11.9 Å². The number of hydrogen-bond donors (Lipinski definition) is 2.